The van der Waals surface area contributed by atoms with E-state index in [4.69, 9.17) is 0 Å². The average molecular weight is 291 g/mol. The molecular weight excluding hydrogens is 262 g/mol. The molecule has 0 spiro atoms. The van der Waals surface area contributed by atoms with Crippen LogP contribution in [0.2, 0.25) is 0 Å². The van der Waals surface area contributed by atoms with Crippen LogP contribution in [0, 0.1) is 29.1 Å². The average Bonchev–Trinajstić information content (AvgIpc) is 2.78. The van der Waals surface area contributed by atoms with Gasteiger partial charge in [0.1, 0.15) is 6.04 Å². The Morgan fingerprint density at radius 1 is 1.14 bits per heavy atom. The zero-order valence-corrected chi connectivity index (χ0v) is 13.4. The molecule has 4 aliphatic carbocycles. The van der Waals surface area contributed by atoms with E-state index < -0.39 is 5.97 Å². The molecule has 0 amide bonds. The Kier molecular flexibility index (Phi) is 3.15. The molecule has 1 aliphatic heterocycles. The third-order valence-corrected chi connectivity index (χ3v) is 7.46. The van der Waals surface area contributed by atoms with E-state index in [0.29, 0.717) is 17.4 Å². The molecule has 0 aromatic carbocycles. The predicted molar refractivity (Wildman–Crippen MR) is 82.0 cm³/mol. The lowest BCUT2D eigenvalue weighted by Gasteiger charge is -2.60. The second-order valence-electron chi connectivity index (χ2n) is 8.74. The molecule has 4 bridgehead atoms. The summed E-state index contributed by atoms with van der Waals surface area (Å²) in [5, 5.41) is 9.64. The largest absolute Gasteiger partial charge is 0.480 e. The summed E-state index contributed by atoms with van der Waals surface area (Å²) < 4.78 is 0. The Balaban J connectivity index is 1.59. The van der Waals surface area contributed by atoms with Crippen molar-refractivity contribution < 1.29 is 9.90 Å². The SMILES string of the molecule is CC1CCN(C(C)C23CC4CC(CC(C4)C2)C3)C1C(=O)O. The molecule has 5 fully saturated rings. The highest BCUT2D eigenvalue weighted by Gasteiger charge is 2.56. The normalized spacial score (nSPS) is 50.5. The number of carbonyl (C=O) groups is 1. The van der Waals surface area contributed by atoms with E-state index in [1.165, 1.54) is 38.5 Å². The van der Waals surface area contributed by atoms with Crippen LogP contribution in [-0.2, 0) is 4.79 Å². The smallest absolute Gasteiger partial charge is 0.321 e. The van der Waals surface area contributed by atoms with Gasteiger partial charge < -0.3 is 5.11 Å². The molecule has 1 heterocycles. The topological polar surface area (TPSA) is 40.5 Å². The third-order valence-electron chi connectivity index (χ3n) is 7.46. The molecule has 3 heteroatoms. The van der Waals surface area contributed by atoms with Crippen molar-refractivity contribution in [3.05, 3.63) is 0 Å². The van der Waals surface area contributed by atoms with Crippen LogP contribution in [0.4, 0.5) is 0 Å². The van der Waals surface area contributed by atoms with Crippen molar-refractivity contribution in [3.63, 3.8) is 0 Å². The van der Waals surface area contributed by atoms with Crippen LogP contribution in [0.25, 0.3) is 0 Å². The molecule has 3 nitrogen and oxygen atoms in total. The molecule has 1 saturated heterocycles. The van der Waals surface area contributed by atoms with Crippen molar-refractivity contribution >= 4 is 5.97 Å². The van der Waals surface area contributed by atoms with Gasteiger partial charge in [0.15, 0.2) is 0 Å². The molecule has 0 aromatic heterocycles. The zero-order chi connectivity index (χ0) is 14.8. The second-order valence-corrected chi connectivity index (χ2v) is 8.74. The fourth-order valence-corrected chi connectivity index (χ4v) is 6.84. The molecule has 3 unspecified atom stereocenters. The molecule has 118 valence electrons. The maximum absolute atomic E-state index is 11.7. The van der Waals surface area contributed by atoms with E-state index in [2.05, 4.69) is 18.7 Å². The van der Waals surface area contributed by atoms with E-state index in [-0.39, 0.29) is 6.04 Å². The minimum atomic E-state index is -0.600. The van der Waals surface area contributed by atoms with Crippen LogP contribution >= 0.6 is 0 Å². The summed E-state index contributed by atoms with van der Waals surface area (Å²) in [5.41, 5.74) is 0.437. The monoisotopic (exact) mass is 291 g/mol. The number of hydrogen-bond donors (Lipinski definition) is 1. The second kappa shape index (κ2) is 4.71. The van der Waals surface area contributed by atoms with Crippen molar-refractivity contribution in [3.8, 4) is 0 Å². The number of hydrogen-bond acceptors (Lipinski definition) is 2. The van der Waals surface area contributed by atoms with Gasteiger partial charge in [-0.05, 0) is 87.5 Å². The maximum Gasteiger partial charge on any atom is 0.321 e. The first-order valence-electron chi connectivity index (χ1n) is 8.97. The van der Waals surface area contributed by atoms with Gasteiger partial charge in [0.2, 0.25) is 0 Å². The Hall–Kier alpha value is -0.570. The van der Waals surface area contributed by atoms with Crippen molar-refractivity contribution in [1.82, 2.24) is 4.90 Å². The Morgan fingerprint density at radius 2 is 1.67 bits per heavy atom. The van der Waals surface area contributed by atoms with Crippen LogP contribution in [0.15, 0.2) is 0 Å². The van der Waals surface area contributed by atoms with Gasteiger partial charge in [-0.2, -0.15) is 0 Å². The van der Waals surface area contributed by atoms with Crippen molar-refractivity contribution in [2.45, 2.75) is 70.9 Å². The van der Waals surface area contributed by atoms with Crippen LogP contribution in [-0.4, -0.2) is 34.6 Å². The van der Waals surface area contributed by atoms with E-state index in [1.54, 1.807) is 0 Å². The summed E-state index contributed by atoms with van der Waals surface area (Å²) in [4.78, 5) is 14.1. The number of aliphatic carboxylic acids is 1. The van der Waals surface area contributed by atoms with Crippen LogP contribution in [0.5, 0.6) is 0 Å². The molecule has 0 aromatic rings. The van der Waals surface area contributed by atoms with E-state index in [0.717, 1.165) is 30.7 Å². The molecule has 5 aliphatic rings. The fraction of sp³-hybridized carbons (Fsp3) is 0.944. The summed E-state index contributed by atoms with van der Waals surface area (Å²) in [6, 6.07) is 0.213. The number of carboxylic acids is 1. The van der Waals surface area contributed by atoms with Gasteiger partial charge in [-0.25, -0.2) is 0 Å². The number of rotatable bonds is 3. The minimum Gasteiger partial charge on any atom is -0.480 e. The Morgan fingerprint density at radius 3 is 2.14 bits per heavy atom. The first-order valence-corrected chi connectivity index (χ1v) is 8.97. The Labute approximate surface area is 128 Å². The fourth-order valence-electron chi connectivity index (χ4n) is 6.84. The van der Waals surface area contributed by atoms with Crippen LogP contribution < -0.4 is 0 Å². The van der Waals surface area contributed by atoms with E-state index >= 15 is 0 Å². The quantitative estimate of drug-likeness (QED) is 0.866. The van der Waals surface area contributed by atoms with Gasteiger partial charge in [-0.1, -0.05) is 6.92 Å². The van der Waals surface area contributed by atoms with Gasteiger partial charge in [-0.15, -0.1) is 0 Å². The minimum absolute atomic E-state index is 0.243. The summed E-state index contributed by atoms with van der Waals surface area (Å²) in [7, 11) is 0. The molecule has 5 rings (SSSR count). The first kappa shape index (κ1) is 14.0. The molecule has 21 heavy (non-hydrogen) atoms. The molecule has 3 atom stereocenters. The Bertz CT molecular complexity index is 411. The highest BCUT2D eigenvalue weighted by Crippen LogP contribution is 2.62. The molecular formula is C18H29NO2. The maximum atomic E-state index is 11.7. The van der Waals surface area contributed by atoms with Crippen LogP contribution in [0.1, 0.15) is 58.8 Å². The van der Waals surface area contributed by atoms with Gasteiger partial charge >= 0.3 is 5.97 Å². The number of nitrogens with zero attached hydrogens (tertiary/aromatic N) is 1. The lowest BCUT2D eigenvalue weighted by Crippen LogP contribution is -2.58. The zero-order valence-electron chi connectivity index (χ0n) is 13.4. The number of carboxylic acid groups (broad SMARTS) is 1. The lowest BCUT2D eigenvalue weighted by molar-refractivity contribution is -0.148. The highest BCUT2D eigenvalue weighted by molar-refractivity contribution is 5.74. The predicted octanol–water partition coefficient (Wildman–Crippen LogP) is 3.39. The van der Waals surface area contributed by atoms with Crippen molar-refractivity contribution in [1.29, 1.82) is 0 Å². The van der Waals surface area contributed by atoms with Gasteiger partial charge in [0.25, 0.3) is 0 Å². The molecule has 4 saturated carbocycles. The summed E-state index contributed by atoms with van der Waals surface area (Å²) >= 11 is 0. The molecule has 0 radical (unpaired) electrons. The first-order chi connectivity index (χ1) is 9.98. The van der Waals surface area contributed by atoms with Gasteiger partial charge in [0, 0.05) is 6.04 Å². The van der Waals surface area contributed by atoms with Crippen LogP contribution in [0.3, 0.4) is 0 Å². The van der Waals surface area contributed by atoms with Gasteiger partial charge in [0.05, 0.1) is 0 Å². The lowest BCUT2D eigenvalue weighted by atomic mass is 9.47. The standard InChI is InChI=1S/C18H29NO2/c1-11-3-4-19(16(11)17(20)21)12(2)18-8-13-5-14(9-18)7-15(6-13)10-18/h11-16H,3-10H2,1-2H3,(H,20,21). The summed E-state index contributed by atoms with van der Waals surface area (Å²) in [6.45, 7) is 5.45. The van der Waals surface area contributed by atoms with Crippen molar-refractivity contribution in [2.24, 2.45) is 29.1 Å². The van der Waals surface area contributed by atoms with Gasteiger partial charge in [-0.3, -0.25) is 9.69 Å². The number of likely N-dealkylation sites (tertiary alicyclic amines) is 1. The third kappa shape index (κ3) is 2.07. The molecule has 1 N–H and O–H groups in total. The summed E-state index contributed by atoms with van der Waals surface area (Å²) in [6.07, 6.45) is 9.56. The van der Waals surface area contributed by atoms with E-state index in [1.807, 2.05) is 0 Å². The summed E-state index contributed by atoms with van der Waals surface area (Å²) in [5.74, 6) is 2.54. The van der Waals surface area contributed by atoms with Crippen molar-refractivity contribution in [2.75, 3.05) is 6.54 Å². The highest BCUT2D eigenvalue weighted by atomic mass is 16.4. The van der Waals surface area contributed by atoms with E-state index in [9.17, 15) is 9.90 Å².